The van der Waals surface area contributed by atoms with Crippen molar-refractivity contribution in [2.75, 3.05) is 24.0 Å². The zero-order valence-corrected chi connectivity index (χ0v) is 40.4. The molecular formula is C64H54N4O2. The van der Waals surface area contributed by atoms with E-state index in [1.165, 1.54) is 55.6 Å². The van der Waals surface area contributed by atoms with Gasteiger partial charge in [0.15, 0.2) is 0 Å². The van der Waals surface area contributed by atoms with E-state index in [9.17, 15) is 0 Å². The minimum absolute atomic E-state index is 0.192. The second-order valence-electron chi connectivity index (χ2n) is 19.1. The van der Waals surface area contributed by atoms with Crippen LogP contribution in [0.5, 0.6) is 11.5 Å². The summed E-state index contributed by atoms with van der Waals surface area (Å²) in [6.45, 7) is 9.35. The van der Waals surface area contributed by atoms with Crippen molar-refractivity contribution in [3.63, 3.8) is 0 Å². The number of rotatable bonds is 12. The Morgan fingerprint density at radius 2 is 0.686 bits per heavy atom. The summed E-state index contributed by atoms with van der Waals surface area (Å²) in [6, 6.07) is 60.8. The van der Waals surface area contributed by atoms with Gasteiger partial charge in [0.05, 0.1) is 38.0 Å². The summed E-state index contributed by atoms with van der Waals surface area (Å²) in [6.07, 6.45) is 16.3. The van der Waals surface area contributed by atoms with E-state index in [1.807, 2.05) is 61.2 Å². The largest absolute Gasteiger partial charge is 0.497 e. The van der Waals surface area contributed by atoms with Gasteiger partial charge in [0.2, 0.25) is 0 Å². The lowest BCUT2D eigenvalue weighted by molar-refractivity contribution is 0.414. The van der Waals surface area contributed by atoms with Gasteiger partial charge in [-0.2, -0.15) is 0 Å². The van der Waals surface area contributed by atoms with Crippen LogP contribution >= 0.6 is 0 Å². The molecule has 0 radical (unpaired) electrons. The van der Waals surface area contributed by atoms with Gasteiger partial charge in [-0.3, -0.25) is 9.97 Å². The Hall–Kier alpha value is -8.48. The first-order chi connectivity index (χ1) is 34.1. The molecule has 0 unspecified atom stereocenters. The van der Waals surface area contributed by atoms with Gasteiger partial charge >= 0.3 is 0 Å². The fourth-order valence-electron chi connectivity index (χ4n) is 10.4. The van der Waals surface area contributed by atoms with E-state index in [0.717, 1.165) is 56.8 Å². The zero-order valence-electron chi connectivity index (χ0n) is 40.4. The predicted octanol–water partition coefficient (Wildman–Crippen LogP) is 16.4. The second kappa shape index (κ2) is 17.9. The molecule has 7 aromatic carbocycles. The summed E-state index contributed by atoms with van der Waals surface area (Å²) in [5, 5.41) is 0. The van der Waals surface area contributed by atoms with Crippen molar-refractivity contribution in [1.29, 1.82) is 0 Å². The molecule has 0 bridgehead atoms. The van der Waals surface area contributed by atoms with Crippen molar-refractivity contribution in [3.05, 3.63) is 239 Å². The third kappa shape index (κ3) is 8.01. The van der Waals surface area contributed by atoms with E-state index in [1.54, 1.807) is 14.2 Å². The van der Waals surface area contributed by atoms with E-state index in [4.69, 9.17) is 9.47 Å². The van der Waals surface area contributed by atoms with Crippen LogP contribution < -0.4 is 19.3 Å². The van der Waals surface area contributed by atoms with Crippen LogP contribution in [0.3, 0.4) is 0 Å². The number of aromatic nitrogens is 2. The number of pyridine rings is 2. The van der Waals surface area contributed by atoms with Gasteiger partial charge in [0.25, 0.3) is 0 Å². The average molecular weight is 911 g/mol. The highest BCUT2D eigenvalue weighted by Gasteiger charge is 2.37. The van der Waals surface area contributed by atoms with Crippen LogP contribution in [-0.4, -0.2) is 24.2 Å². The van der Waals surface area contributed by atoms with Gasteiger partial charge in [-0.15, -0.1) is 0 Å². The summed E-state index contributed by atoms with van der Waals surface area (Å²) in [5.41, 5.74) is 21.0. The number of anilines is 6. The molecule has 6 nitrogen and oxygen atoms in total. The molecule has 0 saturated heterocycles. The van der Waals surface area contributed by atoms with Crippen molar-refractivity contribution < 1.29 is 9.47 Å². The summed E-state index contributed by atoms with van der Waals surface area (Å²) in [4.78, 5) is 13.4. The minimum atomic E-state index is -0.192. The van der Waals surface area contributed by atoms with Gasteiger partial charge in [-0.1, -0.05) is 125 Å². The third-order valence-corrected chi connectivity index (χ3v) is 14.2. The molecule has 6 heteroatoms. The van der Waals surface area contributed by atoms with E-state index in [0.29, 0.717) is 0 Å². The third-order valence-electron chi connectivity index (χ3n) is 14.2. The van der Waals surface area contributed by atoms with Crippen molar-refractivity contribution in [1.82, 2.24) is 9.97 Å². The zero-order chi connectivity index (χ0) is 48.0. The van der Waals surface area contributed by atoms with Crippen LogP contribution in [0.1, 0.15) is 72.2 Å². The fraction of sp³-hybridized carbons (Fsp3) is 0.125. The molecule has 0 aliphatic heterocycles. The van der Waals surface area contributed by atoms with Crippen LogP contribution in [0, 0.1) is 0 Å². The second-order valence-corrected chi connectivity index (χ2v) is 19.1. The number of ether oxygens (including phenoxy) is 2. The molecule has 11 rings (SSSR count). The average Bonchev–Trinajstić information content (AvgIpc) is 3.76. The Balaban J connectivity index is 0.794. The predicted molar refractivity (Wildman–Crippen MR) is 290 cm³/mol. The highest BCUT2D eigenvalue weighted by Crippen LogP contribution is 2.53. The smallest absolute Gasteiger partial charge is 0.119 e. The summed E-state index contributed by atoms with van der Waals surface area (Å²) in [5.74, 6) is 1.65. The van der Waals surface area contributed by atoms with E-state index < -0.39 is 0 Å². The number of methoxy groups -OCH3 is 2. The number of fused-ring (bicyclic) bond motifs is 6. The maximum atomic E-state index is 5.47. The summed E-state index contributed by atoms with van der Waals surface area (Å²) >= 11 is 0. The topological polar surface area (TPSA) is 50.7 Å². The molecule has 0 N–H and O–H groups in total. The fourth-order valence-corrected chi connectivity index (χ4v) is 10.4. The van der Waals surface area contributed by atoms with Crippen LogP contribution in [0.25, 0.3) is 46.6 Å². The van der Waals surface area contributed by atoms with Crippen LogP contribution in [-0.2, 0) is 10.8 Å². The first kappa shape index (κ1) is 44.1. The monoisotopic (exact) mass is 910 g/mol. The minimum Gasteiger partial charge on any atom is -0.497 e. The van der Waals surface area contributed by atoms with Crippen LogP contribution in [0.15, 0.2) is 195 Å². The normalized spacial score (nSPS) is 13.7. The quantitative estimate of drug-likeness (QED) is 0.114. The van der Waals surface area contributed by atoms with Gasteiger partial charge < -0.3 is 19.3 Å². The van der Waals surface area contributed by atoms with Gasteiger partial charge in [-0.05, 0) is 164 Å². The van der Waals surface area contributed by atoms with Crippen molar-refractivity contribution in [3.8, 4) is 33.8 Å². The molecule has 0 saturated carbocycles. The Morgan fingerprint density at radius 3 is 1.04 bits per heavy atom. The SMILES string of the molecule is COc1ccc(N(c2cccnc2)c2ccc3c(c2)C(C)(C)c2cc(/C=C/c4ccc(/C=C/c5ccc6c(c5)C(C)(C)c5cc(N(c7ccc(OC)cc7)c7cccnc7)ccc5-6)cc4)ccc2-3)cc1. The summed E-state index contributed by atoms with van der Waals surface area (Å²) in [7, 11) is 3.39. The Kier molecular flexibility index (Phi) is 11.2. The summed E-state index contributed by atoms with van der Waals surface area (Å²) < 4.78 is 10.9. The highest BCUT2D eigenvalue weighted by molar-refractivity contribution is 5.89. The maximum Gasteiger partial charge on any atom is 0.119 e. The molecule has 0 spiro atoms. The molecule has 9 aromatic rings. The van der Waals surface area contributed by atoms with Crippen molar-refractivity contribution in [2.45, 2.75) is 38.5 Å². The molecule has 0 atom stereocenters. The van der Waals surface area contributed by atoms with E-state index in [-0.39, 0.29) is 10.8 Å². The van der Waals surface area contributed by atoms with Crippen molar-refractivity contribution >= 4 is 58.4 Å². The number of nitrogens with zero attached hydrogens (tertiary/aromatic N) is 4. The first-order valence-electron chi connectivity index (χ1n) is 23.8. The lowest BCUT2D eigenvalue weighted by atomic mass is 9.81. The maximum absolute atomic E-state index is 5.47. The molecule has 2 heterocycles. The molecule has 2 aromatic heterocycles. The Bertz CT molecular complexity index is 3200. The molecule has 0 fully saturated rings. The van der Waals surface area contributed by atoms with Crippen molar-refractivity contribution in [2.24, 2.45) is 0 Å². The molecule has 2 aliphatic rings. The highest BCUT2D eigenvalue weighted by atomic mass is 16.5. The number of hydrogen-bond donors (Lipinski definition) is 0. The van der Waals surface area contributed by atoms with E-state index >= 15 is 0 Å². The van der Waals surface area contributed by atoms with Gasteiger partial charge in [-0.25, -0.2) is 0 Å². The van der Waals surface area contributed by atoms with E-state index in [2.05, 4.69) is 205 Å². The molecule has 0 amide bonds. The van der Waals surface area contributed by atoms with Crippen LogP contribution in [0.4, 0.5) is 34.1 Å². The standard InChI is InChI=1S/C64H54N4O2/c1-63(2)59-37-45(19-31-55(59)57-33-25-49(39-61(57)63)67(51-9-7-35-65-41-51)47-21-27-53(69-5)28-22-47)17-15-43-11-13-44(14-12-43)16-18-46-20-32-56-58-34-26-50(40-62(58)64(3,4)60(56)38-46)68(52-10-8-36-66-42-52)48-23-29-54(70-6)30-24-48/h7-42H,1-6H3/b17-15+,18-16+. The molecule has 2 aliphatic carbocycles. The molecule has 70 heavy (non-hydrogen) atoms. The number of benzene rings is 7. The lowest BCUT2D eigenvalue weighted by Crippen LogP contribution is -2.16. The Morgan fingerprint density at radius 1 is 0.357 bits per heavy atom. The number of hydrogen-bond acceptors (Lipinski definition) is 6. The molecular weight excluding hydrogens is 857 g/mol. The van der Waals surface area contributed by atoms with Gasteiger partial charge in [0, 0.05) is 46.0 Å². The molecule has 342 valence electrons. The lowest BCUT2D eigenvalue weighted by Gasteiger charge is -2.28. The van der Waals surface area contributed by atoms with Gasteiger partial charge in [0.1, 0.15) is 11.5 Å². The first-order valence-corrected chi connectivity index (χ1v) is 23.8. The van der Waals surface area contributed by atoms with Crippen LogP contribution in [0.2, 0.25) is 0 Å². The Labute approximate surface area is 411 Å².